The summed E-state index contributed by atoms with van der Waals surface area (Å²) in [6.45, 7) is 12.5. The van der Waals surface area contributed by atoms with Crippen molar-refractivity contribution in [2.75, 3.05) is 13.2 Å². The van der Waals surface area contributed by atoms with Crippen molar-refractivity contribution in [3.8, 4) is 0 Å². The van der Waals surface area contributed by atoms with Gasteiger partial charge in [-0.2, -0.15) is 0 Å². The van der Waals surface area contributed by atoms with Crippen molar-refractivity contribution in [3.05, 3.63) is 0 Å². The van der Waals surface area contributed by atoms with Gasteiger partial charge in [-0.25, -0.2) is 0 Å². The monoisotopic (exact) mass is 186 g/mol. The molecule has 2 heteroatoms. The van der Waals surface area contributed by atoms with Crippen molar-refractivity contribution in [1.29, 1.82) is 0 Å². The smallest absolute Gasteiger partial charge is 0.162 e. The Morgan fingerprint density at radius 3 is 2.08 bits per heavy atom. The quantitative estimate of drug-likeness (QED) is 0.660. The standard InChI is InChI=1S/C11H22O2/c1-6-11(4,5)9-12-7-10(2,3)8-13-9/h9H,6-8H2,1-5H3. The molecule has 0 amide bonds. The maximum atomic E-state index is 5.73. The zero-order valence-corrected chi connectivity index (χ0v) is 9.52. The number of hydrogen-bond acceptors (Lipinski definition) is 2. The second-order valence-electron chi connectivity index (χ2n) is 5.46. The van der Waals surface area contributed by atoms with Crippen LogP contribution in [-0.4, -0.2) is 19.5 Å². The third kappa shape index (κ3) is 2.68. The third-order valence-corrected chi connectivity index (χ3v) is 2.80. The maximum absolute atomic E-state index is 5.73. The van der Waals surface area contributed by atoms with E-state index in [2.05, 4.69) is 34.6 Å². The summed E-state index contributed by atoms with van der Waals surface area (Å²) < 4.78 is 11.5. The maximum Gasteiger partial charge on any atom is 0.162 e. The van der Waals surface area contributed by atoms with Crippen molar-refractivity contribution >= 4 is 0 Å². The molecule has 2 nitrogen and oxygen atoms in total. The van der Waals surface area contributed by atoms with Gasteiger partial charge in [0, 0.05) is 10.8 Å². The van der Waals surface area contributed by atoms with E-state index in [4.69, 9.17) is 9.47 Å². The van der Waals surface area contributed by atoms with Crippen LogP contribution in [0.5, 0.6) is 0 Å². The lowest BCUT2D eigenvalue weighted by Crippen LogP contribution is -2.44. The van der Waals surface area contributed by atoms with Gasteiger partial charge in [-0.05, 0) is 6.42 Å². The van der Waals surface area contributed by atoms with Gasteiger partial charge in [0.15, 0.2) is 6.29 Å². The molecule has 1 saturated heterocycles. The molecule has 1 heterocycles. The minimum absolute atomic E-state index is 0.0227. The van der Waals surface area contributed by atoms with Gasteiger partial charge in [-0.1, -0.05) is 34.6 Å². The summed E-state index contributed by atoms with van der Waals surface area (Å²) in [5, 5.41) is 0. The molecule has 1 rings (SSSR count). The predicted octanol–water partition coefficient (Wildman–Crippen LogP) is 2.82. The highest BCUT2D eigenvalue weighted by Gasteiger charge is 2.36. The van der Waals surface area contributed by atoms with Crippen LogP contribution in [-0.2, 0) is 9.47 Å². The molecule has 0 aromatic rings. The molecule has 1 aliphatic heterocycles. The average Bonchev–Trinajstić information content (AvgIpc) is 2.04. The minimum atomic E-state index is -0.0227. The molecule has 0 unspecified atom stereocenters. The van der Waals surface area contributed by atoms with E-state index in [0.29, 0.717) is 0 Å². The number of hydrogen-bond donors (Lipinski definition) is 0. The van der Waals surface area contributed by atoms with Gasteiger partial charge in [0.25, 0.3) is 0 Å². The van der Waals surface area contributed by atoms with Gasteiger partial charge >= 0.3 is 0 Å². The lowest BCUT2D eigenvalue weighted by molar-refractivity contribution is -0.263. The first-order chi connectivity index (χ1) is 5.87. The highest BCUT2D eigenvalue weighted by molar-refractivity contribution is 4.78. The van der Waals surface area contributed by atoms with Crippen LogP contribution in [0.2, 0.25) is 0 Å². The van der Waals surface area contributed by atoms with E-state index in [1.807, 2.05) is 0 Å². The predicted molar refractivity (Wildman–Crippen MR) is 53.5 cm³/mol. The fourth-order valence-electron chi connectivity index (χ4n) is 1.31. The highest BCUT2D eigenvalue weighted by atomic mass is 16.7. The molecule has 13 heavy (non-hydrogen) atoms. The molecule has 0 aromatic heterocycles. The second-order valence-corrected chi connectivity index (χ2v) is 5.46. The number of ether oxygens (including phenoxy) is 2. The van der Waals surface area contributed by atoms with Crippen molar-refractivity contribution in [1.82, 2.24) is 0 Å². The summed E-state index contributed by atoms with van der Waals surface area (Å²) in [5.74, 6) is 0. The van der Waals surface area contributed by atoms with Gasteiger partial charge in [0.05, 0.1) is 13.2 Å². The zero-order chi connectivity index (χ0) is 10.1. The SMILES string of the molecule is CCC(C)(C)C1OCC(C)(C)CO1. The van der Waals surface area contributed by atoms with Crippen molar-refractivity contribution in [3.63, 3.8) is 0 Å². The Bertz CT molecular complexity index is 163. The molecule has 1 fully saturated rings. The molecule has 0 radical (unpaired) electrons. The van der Waals surface area contributed by atoms with Crippen molar-refractivity contribution < 1.29 is 9.47 Å². The normalized spacial score (nSPS) is 24.7. The van der Waals surface area contributed by atoms with E-state index < -0.39 is 0 Å². The summed E-state index contributed by atoms with van der Waals surface area (Å²) in [6.07, 6.45) is 1.06. The van der Waals surface area contributed by atoms with Crippen LogP contribution in [0.1, 0.15) is 41.0 Å². The van der Waals surface area contributed by atoms with Crippen LogP contribution >= 0.6 is 0 Å². The van der Waals surface area contributed by atoms with E-state index >= 15 is 0 Å². The third-order valence-electron chi connectivity index (χ3n) is 2.80. The van der Waals surface area contributed by atoms with Crippen LogP contribution in [0.3, 0.4) is 0 Å². The molecular weight excluding hydrogens is 164 g/mol. The van der Waals surface area contributed by atoms with Gasteiger partial charge in [0.2, 0.25) is 0 Å². The van der Waals surface area contributed by atoms with Crippen LogP contribution in [0, 0.1) is 10.8 Å². The van der Waals surface area contributed by atoms with Gasteiger partial charge in [-0.15, -0.1) is 0 Å². The molecule has 0 aromatic carbocycles. The van der Waals surface area contributed by atoms with Crippen LogP contribution in [0.25, 0.3) is 0 Å². The minimum Gasteiger partial charge on any atom is -0.351 e. The van der Waals surface area contributed by atoms with E-state index in [9.17, 15) is 0 Å². The summed E-state index contributed by atoms with van der Waals surface area (Å²) in [7, 11) is 0. The molecule has 0 atom stereocenters. The van der Waals surface area contributed by atoms with E-state index in [-0.39, 0.29) is 17.1 Å². The largest absolute Gasteiger partial charge is 0.351 e. The Hall–Kier alpha value is -0.0800. The summed E-state index contributed by atoms with van der Waals surface area (Å²) in [5.41, 5.74) is 0.316. The first-order valence-corrected chi connectivity index (χ1v) is 5.11. The molecule has 0 N–H and O–H groups in total. The molecule has 0 bridgehead atoms. The first-order valence-electron chi connectivity index (χ1n) is 5.11. The summed E-state index contributed by atoms with van der Waals surface area (Å²) >= 11 is 0. The van der Waals surface area contributed by atoms with Crippen molar-refractivity contribution in [2.45, 2.75) is 47.3 Å². The Morgan fingerprint density at radius 2 is 1.69 bits per heavy atom. The van der Waals surface area contributed by atoms with Crippen molar-refractivity contribution in [2.24, 2.45) is 10.8 Å². The fourth-order valence-corrected chi connectivity index (χ4v) is 1.31. The molecular formula is C11H22O2. The Labute approximate surface area is 81.6 Å². The summed E-state index contributed by atoms with van der Waals surface area (Å²) in [6, 6.07) is 0. The molecule has 78 valence electrons. The van der Waals surface area contributed by atoms with E-state index in [0.717, 1.165) is 19.6 Å². The molecule has 1 aliphatic rings. The van der Waals surface area contributed by atoms with Crippen LogP contribution in [0.15, 0.2) is 0 Å². The Morgan fingerprint density at radius 1 is 1.23 bits per heavy atom. The topological polar surface area (TPSA) is 18.5 Å². The zero-order valence-electron chi connectivity index (χ0n) is 9.52. The van der Waals surface area contributed by atoms with Crippen LogP contribution < -0.4 is 0 Å². The lowest BCUT2D eigenvalue weighted by Gasteiger charge is -2.41. The van der Waals surface area contributed by atoms with Gasteiger partial charge < -0.3 is 9.47 Å². The molecule has 0 spiro atoms. The lowest BCUT2D eigenvalue weighted by atomic mass is 9.87. The Balaban J connectivity index is 2.50. The van der Waals surface area contributed by atoms with Gasteiger partial charge in [0.1, 0.15) is 0 Å². The molecule has 0 aliphatic carbocycles. The van der Waals surface area contributed by atoms with Crippen LogP contribution in [0.4, 0.5) is 0 Å². The fraction of sp³-hybridized carbons (Fsp3) is 1.00. The number of rotatable bonds is 2. The second kappa shape index (κ2) is 3.58. The van der Waals surface area contributed by atoms with E-state index in [1.54, 1.807) is 0 Å². The summed E-state index contributed by atoms with van der Waals surface area (Å²) in [4.78, 5) is 0. The van der Waals surface area contributed by atoms with Gasteiger partial charge in [-0.3, -0.25) is 0 Å². The first kappa shape index (κ1) is 11.0. The Kier molecular flexibility index (Phi) is 3.03. The van der Waals surface area contributed by atoms with E-state index in [1.165, 1.54) is 0 Å². The molecule has 0 saturated carbocycles. The average molecular weight is 186 g/mol. The highest BCUT2D eigenvalue weighted by Crippen LogP contribution is 2.34.